The van der Waals surface area contributed by atoms with E-state index in [0.29, 0.717) is 12.3 Å². The molecule has 0 radical (unpaired) electrons. The normalized spacial score (nSPS) is 12.6. The summed E-state index contributed by atoms with van der Waals surface area (Å²) < 4.78 is 4.61. The third-order valence-electron chi connectivity index (χ3n) is 1.90. The number of rotatable bonds is 7. The molecule has 0 aliphatic carbocycles. The highest BCUT2D eigenvalue weighted by Crippen LogP contribution is 2.10. The van der Waals surface area contributed by atoms with E-state index in [1.165, 1.54) is 0 Å². The predicted molar refractivity (Wildman–Crippen MR) is 55.6 cm³/mol. The van der Waals surface area contributed by atoms with Crippen molar-refractivity contribution in [1.82, 2.24) is 0 Å². The van der Waals surface area contributed by atoms with Crippen LogP contribution in [0.15, 0.2) is 12.7 Å². The molecule has 0 fully saturated rings. The molecule has 0 aliphatic heterocycles. The van der Waals surface area contributed by atoms with Crippen LogP contribution in [-0.4, -0.2) is 17.4 Å². The lowest BCUT2D eigenvalue weighted by Crippen LogP contribution is -2.15. The molecule has 0 aromatic heterocycles. The highest BCUT2D eigenvalue weighted by Gasteiger charge is 2.07. The predicted octanol–water partition coefficient (Wildman–Crippen LogP) is 2.25. The van der Waals surface area contributed by atoms with Gasteiger partial charge < -0.3 is 9.84 Å². The smallest absolute Gasteiger partial charge is 0.332 e. The molecule has 3 heteroatoms. The maximum absolute atomic E-state index is 10.7. The van der Waals surface area contributed by atoms with Gasteiger partial charge in [0.25, 0.3) is 0 Å². The minimum atomic E-state index is -0.979. The summed E-state index contributed by atoms with van der Waals surface area (Å²) in [5, 5.41) is 9.23. The maximum Gasteiger partial charge on any atom is 0.332 e. The molecule has 1 N–H and O–H groups in total. The minimum absolute atomic E-state index is 0.506. The van der Waals surface area contributed by atoms with Crippen molar-refractivity contribution in [3.05, 3.63) is 12.7 Å². The number of hydrogen-bond donors (Lipinski definition) is 1. The van der Waals surface area contributed by atoms with Gasteiger partial charge in [0.15, 0.2) is 0 Å². The fraction of sp³-hybridized carbons (Fsp3) is 0.727. The Bertz CT molecular complexity index is 175. The summed E-state index contributed by atoms with van der Waals surface area (Å²) in [7, 11) is 0. The van der Waals surface area contributed by atoms with Crippen LogP contribution >= 0.6 is 0 Å². The van der Waals surface area contributed by atoms with Gasteiger partial charge in [0, 0.05) is 12.5 Å². The van der Waals surface area contributed by atoms with Crippen LogP contribution in [0.4, 0.5) is 0 Å². The van der Waals surface area contributed by atoms with Crippen molar-refractivity contribution in [1.29, 1.82) is 0 Å². The van der Waals surface area contributed by atoms with Crippen molar-refractivity contribution in [2.24, 2.45) is 5.92 Å². The van der Waals surface area contributed by atoms with Gasteiger partial charge in [-0.05, 0) is 12.3 Å². The van der Waals surface area contributed by atoms with Crippen LogP contribution in [0.3, 0.4) is 0 Å². The fourth-order valence-electron chi connectivity index (χ4n) is 1.11. The Morgan fingerprint density at radius 3 is 2.50 bits per heavy atom. The maximum atomic E-state index is 10.7. The summed E-state index contributed by atoms with van der Waals surface area (Å²) >= 11 is 0. The highest BCUT2D eigenvalue weighted by atomic mass is 16.6. The molecule has 0 aromatic carbocycles. The molecule has 0 spiro atoms. The number of carbonyl (C=O) groups is 1. The van der Waals surface area contributed by atoms with Crippen molar-refractivity contribution in [3.8, 4) is 0 Å². The first kappa shape index (κ1) is 13.2. The SMILES string of the molecule is C=CC(=O)OC(O)CCCCC(C)C. The zero-order valence-electron chi connectivity index (χ0n) is 9.03. The van der Waals surface area contributed by atoms with Crippen LogP contribution < -0.4 is 0 Å². The standard InChI is InChI=1S/C11H20O3/c1-4-10(12)14-11(13)8-6-5-7-9(2)3/h4,9,11,13H,1,5-8H2,2-3H3. The number of aliphatic hydroxyl groups is 1. The van der Waals surface area contributed by atoms with E-state index in [1.807, 2.05) is 0 Å². The Balaban J connectivity index is 3.39. The molecular weight excluding hydrogens is 180 g/mol. The molecule has 0 heterocycles. The monoisotopic (exact) mass is 200 g/mol. The third kappa shape index (κ3) is 7.80. The molecular formula is C11H20O3. The van der Waals surface area contributed by atoms with Gasteiger partial charge in [-0.1, -0.05) is 33.3 Å². The highest BCUT2D eigenvalue weighted by molar-refractivity contribution is 5.81. The number of unbranched alkanes of at least 4 members (excludes halogenated alkanes) is 1. The summed E-state index contributed by atoms with van der Waals surface area (Å²) in [6.07, 6.45) is 3.66. The topological polar surface area (TPSA) is 46.5 Å². The molecule has 0 saturated carbocycles. The molecule has 14 heavy (non-hydrogen) atoms. The molecule has 0 bridgehead atoms. The molecule has 0 aromatic rings. The van der Waals surface area contributed by atoms with E-state index < -0.39 is 12.3 Å². The second kappa shape index (κ2) is 7.56. The lowest BCUT2D eigenvalue weighted by molar-refractivity contribution is -0.162. The first-order chi connectivity index (χ1) is 6.56. The van der Waals surface area contributed by atoms with Gasteiger partial charge in [0.2, 0.25) is 6.29 Å². The molecule has 82 valence electrons. The van der Waals surface area contributed by atoms with E-state index in [9.17, 15) is 9.90 Å². The molecule has 0 aliphatic rings. The number of carbonyl (C=O) groups excluding carboxylic acids is 1. The molecule has 1 unspecified atom stereocenters. The number of esters is 1. The number of aliphatic hydroxyl groups excluding tert-OH is 1. The Kier molecular flexibility index (Phi) is 7.11. The summed E-state index contributed by atoms with van der Waals surface area (Å²) in [4.78, 5) is 10.7. The van der Waals surface area contributed by atoms with Crippen molar-refractivity contribution < 1.29 is 14.6 Å². The Hall–Kier alpha value is -0.830. The number of ether oxygens (including phenoxy) is 1. The summed E-state index contributed by atoms with van der Waals surface area (Å²) in [6, 6.07) is 0. The zero-order valence-corrected chi connectivity index (χ0v) is 9.03. The largest absolute Gasteiger partial charge is 0.433 e. The lowest BCUT2D eigenvalue weighted by atomic mass is 10.1. The second-order valence-electron chi connectivity index (χ2n) is 3.77. The average molecular weight is 200 g/mol. The van der Waals surface area contributed by atoms with E-state index >= 15 is 0 Å². The van der Waals surface area contributed by atoms with Crippen LogP contribution in [0, 0.1) is 5.92 Å². The Labute approximate surface area is 85.8 Å². The first-order valence-corrected chi connectivity index (χ1v) is 5.07. The second-order valence-corrected chi connectivity index (χ2v) is 3.77. The van der Waals surface area contributed by atoms with Crippen LogP contribution in [0.25, 0.3) is 0 Å². The molecule has 0 rings (SSSR count). The average Bonchev–Trinajstić information content (AvgIpc) is 2.12. The molecule has 1 atom stereocenters. The molecule has 0 saturated heterocycles. The Morgan fingerprint density at radius 2 is 2.00 bits per heavy atom. The van der Waals surface area contributed by atoms with Gasteiger partial charge in [0.05, 0.1) is 0 Å². The van der Waals surface area contributed by atoms with Crippen LogP contribution in [0.1, 0.15) is 39.5 Å². The van der Waals surface area contributed by atoms with Crippen molar-refractivity contribution >= 4 is 5.97 Å². The van der Waals surface area contributed by atoms with Crippen LogP contribution in [-0.2, 0) is 9.53 Å². The minimum Gasteiger partial charge on any atom is -0.433 e. The van der Waals surface area contributed by atoms with Gasteiger partial charge >= 0.3 is 5.97 Å². The van der Waals surface area contributed by atoms with E-state index in [4.69, 9.17) is 0 Å². The van der Waals surface area contributed by atoms with E-state index in [-0.39, 0.29) is 0 Å². The van der Waals surface area contributed by atoms with Crippen molar-refractivity contribution in [2.75, 3.05) is 0 Å². The summed E-state index contributed by atoms with van der Waals surface area (Å²) in [6.45, 7) is 7.57. The molecule has 0 amide bonds. The van der Waals surface area contributed by atoms with Gasteiger partial charge in [-0.3, -0.25) is 0 Å². The van der Waals surface area contributed by atoms with Crippen molar-refractivity contribution in [2.45, 2.75) is 45.8 Å². The van der Waals surface area contributed by atoms with Crippen molar-refractivity contribution in [3.63, 3.8) is 0 Å². The third-order valence-corrected chi connectivity index (χ3v) is 1.90. The first-order valence-electron chi connectivity index (χ1n) is 5.07. The fourth-order valence-corrected chi connectivity index (χ4v) is 1.11. The summed E-state index contributed by atoms with van der Waals surface area (Å²) in [5.74, 6) is 0.115. The van der Waals surface area contributed by atoms with E-state index in [0.717, 1.165) is 25.3 Å². The van der Waals surface area contributed by atoms with Gasteiger partial charge in [0.1, 0.15) is 0 Å². The quantitative estimate of drug-likeness (QED) is 0.297. The van der Waals surface area contributed by atoms with Crippen LogP contribution in [0.5, 0.6) is 0 Å². The van der Waals surface area contributed by atoms with Gasteiger partial charge in [-0.2, -0.15) is 0 Å². The molecule has 3 nitrogen and oxygen atoms in total. The van der Waals surface area contributed by atoms with Gasteiger partial charge in [-0.25, -0.2) is 4.79 Å². The number of hydrogen-bond acceptors (Lipinski definition) is 3. The lowest BCUT2D eigenvalue weighted by Gasteiger charge is -2.10. The van der Waals surface area contributed by atoms with Crippen LogP contribution in [0.2, 0.25) is 0 Å². The zero-order chi connectivity index (χ0) is 11.0. The summed E-state index contributed by atoms with van der Waals surface area (Å²) in [5.41, 5.74) is 0. The van der Waals surface area contributed by atoms with E-state index in [2.05, 4.69) is 25.2 Å². The Morgan fingerprint density at radius 1 is 1.43 bits per heavy atom. The van der Waals surface area contributed by atoms with E-state index in [1.54, 1.807) is 0 Å². The van der Waals surface area contributed by atoms with Gasteiger partial charge in [-0.15, -0.1) is 0 Å².